The summed E-state index contributed by atoms with van der Waals surface area (Å²) in [5, 5.41) is 19.4. The van der Waals surface area contributed by atoms with Crippen molar-refractivity contribution < 1.29 is 0 Å². The van der Waals surface area contributed by atoms with Gasteiger partial charge < -0.3 is 9.88 Å². The van der Waals surface area contributed by atoms with Gasteiger partial charge >= 0.3 is 0 Å². The Morgan fingerprint density at radius 3 is 3.08 bits per heavy atom. The zero-order valence-electron chi connectivity index (χ0n) is 14.8. The Hall–Kier alpha value is -2.47. The third-order valence-corrected chi connectivity index (χ3v) is 5.00. The Morgan fingerprint density at radius 1 is 1.28 bits per heavy atom. The van der Waals surface area contributed by atoms with E-state index in [0.717, 1.165) is 43.4 Å². The molecule has 0 amide bonds. The zero-order chi connectivity index (χ0) is 17.2. The fourth-order valence-corrected chi connectivity index (χ4v) is 3.60. The van der Waals surface area contributed by atoms with Crippen LogP contribution in [0, 0.1) is 19.8 Å². The van der Waals surface area contributed by atoms with Gasteiger partial charge in [0, 0.05) is 30.6 Å². The third kappa shape index (κ3) is 3.35. The number of H-pyrrole nitrogens is 1. The molecule has 6 heteroatoms. The number of aryl methyl sites for hydroxylation is 3. The maximum atomic E-state index is 4.24. The lowest BCUT2D eigenvalue weighted by Crippen LogP contribution is -2.30. The topological polar surface area (TPSA) is 71.4 Å². The van der Waals surface area contributed by atoms with E-state index in [4.69, 9.17) is 0 Å². The van der Waals surface area contributed by atoms with Crippen LogP contribution in [-0.2, 0) is 19.5 Å². The maximum Gasteiger partial charge on any atom is 0.133 e. The average Bonchev–Trinajstić information content (AvgIpc) is 3.22. The standard InChI is InChI=1S/C19H24N6/c1-13-4-3-5-16(8-13)19-17(11-21-24-19)10-20-9-15-6-7-18-23-22-14(2)25(18)12-15/h3-5,8,11,15,20H,6-7,9-10,12H2,1-2H3,(H,21,24)/t15-/m1/s1. The molecule has 1 aromatic carbocycles. The van der Waals surface area contributed by atoms with Gasteiger partial charge in [-0.15, -0.1) is 10.2 Å². The number of benzene rings is 1. The van der Waals surface area contributed by atoms with Crippen molar-refractivity contribution in [1.82, 2.24) is 30.3 Å². The highest BCUT2D eigenvalue weighted by Gasteiger charge is 2.21. The van der Waals surface area contributed by atoms with Crippen molar-refractivity contribution in [2.75, 3.05) is 6.54 Å². The van der Waals surface area contributed by atoms with Crippen LogP contribution in [0.5, 0.6) is 0 Å². The highest BCUT2D eigenvalue weighted by Crippen LogP contribution is 2.23. The Bertz CT molecular complexity index is 862. The van der Waals surface area contributed by atoms with Gasteiger partial charge in [0.25, 0.3) is 0 Å². The number of fused-ring (bicyclic) bond motifs is 1. The molecule has 2 aromatic heterocycles. The molecule has 1 aliphatic heterocycles. The molecular weight excluding hydrogens is 312 g/mol. The number of rotatable bonds is 5. The normalized spacial score (nSPS) is 16.8. The molecule has 3 heterocycles. The molecular formula is C19H24N6. The molecule has 0 spiro atoms. The van der Waals surface area contributed by atoms with Gasteiger partial charge in [-0.3, -0.25) is 5.10 Å². The lowest BCUT2D eigenvalue weighted by atomic mass is 9.99. The zero-order valence-corrected chi connectivity index (χ0v) is 14.8. The molecule has 2 N–H and O–H groups in total. The van der Waals surface area contributed by atoms with Crippen LogP contribution in [0.25, 0.3) is 11.3 Å². The largest absolute Gasteiger partial charge is 0.315 e. The molecule has 6 nitrogen and oxygen atoms in total. The van der Waals surface area contributed by atoms with Gasteiger partial charge in [0.2, 0.25) is 0 Å². The van der Waals surface area contributed by atoms with E-state index in [1.807, 2.05) is 13.1 Å². The van der Waals surface area contributed by atoms with E-state index in [1.54, 1.807) is 0 Å². The molecule has 0 aliphatic carbocycles. The summed E-state index contributed by atoms with van der Waals surface area (Å²) in [7, 11) is 0. The molecule has 25 heavy (non-hydrogen) atoms. The number of hydrogen-bond acceptors (Lipinski definition) is 4. The van der Waals surface area contributed by atoms with Crippen LogP contribution in [0.15, 0.2) is 30.5 Å². The van der Waals surface area contributed by atoms with Crippen molar-refractivity contribution in [2.24, 2.45) is 5.92 Å². The summed E-state index contributed by atoms with van der Waals surface area (Å²) >= 11 is 0. The van der Waals surface area contributed by atoms with Gasteiger partial charge in [-0.1, -0.05) is 23.8 Å². The van der Waals surface area contributed by atoms with Crippen LogP contribution in [0.1, 0.15) is 29.2 Å². The van der Waals surface area contributed by atoms with Crippen molar-refractivity contribution in [3.05, 3.63) is 53.2 Å². The summed E-state index contributed by atoms with van der Waals surface area (Å²) in [5.41, 5.74) is 4.77. The molecule has 0 radical (unpaired) electrons. The number of hydrogen-bond donors (Lipinski definition) is 2. The van der Waals surface area contributed by atoms with Crippen molar-refractivity contribution in [3.8, 4) is 11.3 Å². The van der Waals surface area contributed by atoms with Gasteiger partial charge in [0.1, 0.15) is 11.6 Å². The SMILES string of the molecule is Cc1cccc(-c2[nH]ncc2CNC[C@H]2CCc3nnc(C)n3C2)c1. The van der Waals surface area contributed by atoms with E-state index in [0.29, 0.717) is 5.92 Å². The second-order valence-electron chi connectivity index (χ2n) is 6.95. The molecule has 130 valence electrons. The molecule has 0 unspecified atom stereocenters. The second kappa shape index (κ2) is 6.80. The summed E-state index contributed by atoms with van der Waals surface area (Å²) in [5.74, 6) is 2.78. The van der Waals surface area contributed by atoms with Crippen LogP contribution in [-0.4, -0.2) is 31.5 Å². The lowest BCUT2D eigenvalue weighted by Gasteiger charge is -2.24. The van der Waals surface area contributed by atoms with Crippen LogP contribution < -0.4 is 5.32 Å². The molecule has 1 atom stereocenters. The quantitative estimate of drug-likeness (QED) is 0.751. The minimum atomic E-state index is 0.622. The van der Waals surface area contributed by atoms with Crippen LogP contribution in [0.3, 0.4) is 0 Å². The first kappa shape index (κ1) is 16.0. The average molecular weight is 336 g/mol. The van der Waals surface area contributed by atoms with E-state index in [-0.39, 0.29) is 0 Å². The Morgan fingerprint density at radius 2 is 2.20 bits per heavy atom. The monoisotopic (exact) mass is 336 g/mol. The van der Waals surface area contributed by atoms with E-state index < -0.39 is 0 Å². The van der Waals surface area contributed by atoms with Gasteiger partial charge in [-0.2, -0.15) is 5.10 Å². The minimum absolute atomic E-state index is 0.622. The van der Waals surface area contributed by atoms with Crippen molar-refractivity contribution >= 4 is 0 Å². The van der Waals surface area contributed by atoms with Crippen molar-refractivity contribution in [2.45, 2.75) is 39.8 Å². The third-order valence-electron chi connectivity index (χ3n) is 5.00. The van der Waals surface area contributed by atoms with E-state index in [2.05, 4.69) is 61.5 Å². The molecule has 1 aliphatic rings. The minimum Gasteiger partial charge on any atom is -0.315 e. The second-order valence-corrected chi connectivity index (χ2v) is 6.95. The summed E-state index contributed by atoms with van der Waals surface area (Å²) in [6.07, 6.45) is 4.11. The Labute approximate surface area is 147 Å². The number of nitrogens with zero attached hydrogens (tertiary/aromatic N) is 4. The Balaban J connectivity index is 1.37. The summed E-state index contributed by atoms with van der Waals surface area (Å²) in [6, 6.07) is 8.52. The first-order chi connectivity index (χ1) is 12.2. The first-order valence-electron chi connectivity index (χ1n) is 8.89. The number of aromatic nitrogens is 5. The lowest BCUT2D eigenvalue weighted by molar-refractivity contribution is 0.344. The Kier molecular flexibility index (Phi) is 4.36. The fourth-order valence-electron chi connectivity index (χ4n) is 3.60. The first-order valence-corrected chi connectivity index (χ1v) is 8.89. The smallest absolute Gasteiger partial charge is 0.133 e. The molecule has 0 saturated carbocycles. The highest BCUT2D eigenvalue weighted by atomic mass is 15.3. The van der Waals surface area contributed by atoms with E-state index >= 15 is 0 Å². The van der Waals surface area contributed by atoms with Crippen molar-refractivity contribution in [1.29, 1.82) is 0 Å². The molecule has 0 bridgehead atoms. The van der Waals surface area contributed by atoms with Crippen molar-refractivity contribution in [3.63, 3.8) is 0 Å². The van der Waals surface area contributed by atoms with Gasteiger partial charge in [0.15, 0.2) is 0 Å². The van der Waals surface area contributed by atoms with Crippen LogP contribution >= 0.6 is 0 Å². The summed E-state index contributed by atoms with van der Waals surface area (Å²) < 4.78 is 2.26. The van der Waals surface area contributed by atoms with Gasteiger partial charge in [-0.25, -0.2) is 0 Å². The predicted molar refractivity (Wildman–Crippen MR) is 97.0 cm³/mol. The molecule has 0 fully saturated rings. The summed E-state index contributed by atoms with van der Waals surface area (Å²) in [6.45, 7) is 6.98. The van der Waals surface area contributed by atoms with Gasteiger partial charge in [0.05, 0.1) is 11.9 Å². The van der Waals surface area contributed by atoms with Crippen LogP contribution in [0.4, 0.5) is 0 Å². The van der Waals surface area contributed by atoms with Gasteiger partial charge in [-0.05, 0) is 38.8 Å². The fraction of sp³-hybridized carbons (Fsp3) is 0.421. The summed E-state index contributed by atoms with van der Waals surface area (Å²) in [4.78, 5) is 0. The van der Waals surface area contributed by atoms with E-state index in [1.165, 1.54) is 23.1 Å². The molecule has 3 aromatic rings. The van der Waals surface area contributed by atoms with Crippen LogP contribution in [0.2, 0.25) is 0 Å². The predicted octanol–water partition coefficient (Wildman–Crippen LogP) is 2.64. The highest BCUT2D eigenvalue weighted by molar-refractivity contribution is 5.63. The maximum absolute atomic E-state index is 4.24. The van der Waals surface area contributed by atoms with E-state index in [9.17, 15) is 0 Å². The number of nitrogens with one attached hydrogen (secondary N) is 2. The molecule has 4 rings (SSSR count). The number of aromatic amines is 1. The molecule has 0 saturated heterocycles.